The normalized spacial score (nSPS) is 22.4. The van der Waals surface area contributed by atoms with Gasteiger partial charge in [-0.05, 0) is 62.3 Å². The van der Waals surface area contributed by atoms with Gasteiger partial charge in [0.2, 0.25) is 14.3 Å². The second kappa shape index (κ2) is 16.9. The van der Waals surface area contributed by atoms with Crippen LogP contribution in [0.25, 0.3) is 10.1 Å². The Morgan fingerprint density at radius 3 is 2.56 bits per heavy atom. The highest BCUT2D eigenvalue weighted by molar-refractivity contribution is 7.46. The lowest BCUT2D eigenvalue weighted by molar-refractivity contribution is -0.138. The van der Waals surface area contributed by atoms with E-state index in [1.807, 2.05) is 11.8 Å². The molecule has 3 N–H and O–H groups in total. The molecule has 9 nitrogen and oxygen atoms in total. The van der Waals surface area contributed by atoms with Crippen LogP contribution in [0.15, 0.2) is 24.3 Å². The van der Waals surface area contributed by atoms with Crippen molar-refractivity contribution in [2.45, 2.75) is 63.6 Å². The van der Waals surface area contributed by atoms with Crippen LogP contribution >= 0.6 is 19.7 Å². The van der Waals surface area contributed by atoms with Crippen molar-refractivity contribution in [3.63, 3.8) is 0 Å². The molecule has 2 aliphatic heterocycles. The molecule has 5 unspecified atom stereocenters. The van der Waals surface area contributed by atoms with Crippen molar-refractivity contribution in [2.75, 3.05) is 33.4 Å². The summed E-state index contributed by atoms with van der Waals surface area (Å²) in [6.07, 6.45) is -0.228. The molecule has 15 heteroatoms. The summed E-state index contributed by atoms with van der Waals surface area (Å²) in [4.78, 5) is 48.5. The molecule has 5 atom stereocenters. The summed E-state index contributed by atoms with van der Waals surface area (Å²) in [5.74, 6) is -2.40. The van der Waals surface area contributed by atoms with Crippen molar-refractivity contribution in [1.29, 1.82) is 0 Å². The lowest BCUT2D eigenvalue weighted by Gasteiger charge is -2.38. The summed E-state index contributed by atoms with van der Waals surface area (Å²) in [5.41, 5.74) is 0.251. The van der Waals surface area contributed by atoms with Crippen molar-refractivity contribution >= 4 is 48.1 Å². The predicted molar refractivity (Wildman–Crippen MR) is 150 cm³/mol. The Balaban J connectivity index is 0.00000110. The van der Waals surface area contributed by atoms with Gasteiger partial charge in [-0.15, -0.1) is 11.3 Å². The minimum Gasteiger partial charge on any atom is -0.483 e. The van der Waals surface area contributed by atoms with E-state index in [-0.39, 0.29) is 43.2 Å². The molecule has 0 bridgehead atoms. The second-order valence-electron chi connectivity index (χ2n) is 9.36. The van der Waals surface area contributed by atoms with Gasteiger partial charge in [-0.1, -0.05) is 6.07 Å². The third-order valence-corrected chi connectivity index (χ3v) is 9.08. The zero-order valence-electron chi connectivity index (χ0n) is 23.0. The van der Waals surface area contributed by atoms with Crippen molar-refractivity contribution in [3.8, 4) is 0 Å². The first-order valence-corrected chi connectivity index (χ1v) is 15.1. The molecule has 0 radical (unpaired) electrons. The monoisotopic (exact) mass is 625 g/mol. The van der Waals surface area contributed by atoms with Crippen molar-refractivity contribution in [2.24, 2.45) is 0 Å². The van der Waals surface area contributed by atoms with Gasteiger partial charge in [0.15, 0.2) is 5.91 Å². The van der Waals surface area contributed by atoms with E-state index in [1.54, 1.807) is 36.1 Å². The number of carboxylic acid groups (broad SMARTS) is 1. The first-order chi connectivity index (χ1) is 19.6. The first-order valence-electron chi connectivity index (χ1n) is 13.0. The molecule has 2 aromatic rings. The SMILES string of the molecule is CCOP(O)C(F)c1ccc2sc(C(=O)NC3CN(CC(F)F)CCC4CCC(C)N4C3=O)cc2c1.CF.O=CO. The van der Waals surface area contributed by atoms with E-state index in [2.05, 4.69) is 5.32 Å². The number of halogens is 4. The highest BCUT2D eigenvalue weighted by Crippen LogP contribution is 2.50. The molecule has 4 rings (SSSR count). The number of carbonyl (C=O) groups excluding carboxylic acids is 2. The van der Waals surface area contributed by atoms with Gasteiger partial charge in [0.1, 0.15) is 6.04 Å². The number of benzene rings is 1. The number of fused-ring (bicyclic) bond motifs is 2. The number of rotatable bonds is 8. The van der Waals surface area contributed by atoms with E-state index in [9.17, 15) is 32.0 Å². The largest absolute Gasteiger partial charge is 0.483 e. The van der Waals surface area contributed by atoms with Gasteiger partial charge in [-0.25, -0.2) is 13.2 Å². The predicted octanol–water partition coefficient (Wildman–Crippen LogP) is 4.95. The van der Waals surface area contributed by atoms with Crippen LogP contribution in [0.5, 0.6) is 0 Å². The first kappa shape index (κ1) is 34.8. The molecule has 2 fully saturated rings. The van der Waals surface area contributed by atoms with E-state index >= 15 is 0 Å². The van der Waals surface area contributed by atoms with Crippen LogP contribution in [0.1, 0.15) is 54.3 Å². The highest BCUT2D eigenvalue weighted by Gasteiger charge is 2.40. The van der Waals surface area contributed by atoms with E-state index in [4.69, 9.17) is 14.4 Å². The summed E-state index contributed by atoms with van der Waals surface area (Å²) in [6.45, 7) is 3.58. The third kappa shape index (κ3) is 9.31. The Morgan fingerprint density at radius 1 is 1.24 bits per heavy atom. The Labute approximate surface area is 241 Å². The molecule has 2 saturated heterocycles. The highest BCUT2D eigenvalue weighted by atomic mass is 32.1. The van der Waals surface area contributed by atoms with Gasteiger partial charge in [0, 0.05) is 29.9 Å². The topological polar surface area (TPSA) is 119 Å². The number of alkyl halides is 4. The standard InChI is InChI=1S/C24H31F3N3O4PS.CH3F.CH2O2/c1-3-34-35(33)22(27)15-5-7-19-16(10-15)11-20(36-19)23(31)28-18-12-29(13-21(25)26)9-8-17-6-4-14(2)30(17)24(18)32;1-2;2-1-3/h5,7,10-11,14,17-18,21-22,33H,3-4,6,8-9,12-13H2,1-2H3,(H,28,31);1H3;1H,(H,2,3). The maximum Gasteiger partial charge on any atom is 0.290 e. The number of nitrogens with zero attached hydrogens (tertiary/aromatic N) is 2. The van der Waals surface area contributed by atoms with Crippen LogP contribution in [0.2, 0.25) is 0 Å². The second-order valence-corrected chi connectivity index (χ2v) is 11.8. The lowest BCUT2D eigenvalue weighted by atomic mass is 10.1. The van der Waals surface area contributed by atoms with Crippen LogP contribution in [0, 0.1) is 0 Å². The van der Waals surface area contributed by atoms with E-state index < -0.39 is 39.2 Å². The summed E-state index contributed by atoms with van der Waals surface area (Å²) < 4.78 is 56.1. The van der Waals surface area contributed by atoms with Gasteiger partial charge < -0.3 is 24.7 Å². The lowest BCUT2D eigenvalue weighted by Crippen LogP contribution is -2.58. The van der Waals surface area contributed by atoms with Crippen molar-refractivity contribution in [1.82, 2.24) is 15.1 Å². The number of hydrogen-bond acceptors (Lipinski definition) is 7. The van der Waals surface area contributed by atoms with Gasteiger partial charge in [-0.3, -0.25) is 23.7 Å². The molecule has 1 aromatic carbocycles. The fraction of sp³-hybridized carbons (Fsp3) is 0.577. The Hall–Kier alpha value is -2.38. The van der Waals surface area contributed by atoms with E-state index in [1.165, 1.54) is 11.3 Å². The van der Waals surface area contributed by atoms with Crippen LogP contribution in [-0.4, -0.2) is 96.1 Å². The summed E-state index contributed by atoms with van der Waals surface area (Å²) >= 11 is 1.19. The van der Waals surface area contributed by atoms with Gasteiger partial charge in [-0.2, -0.15) is 0 Å². The fourth-order valence-corrected chi connectivity index (χ4v) is 6.79. The minimum atomic E-state index is -2.53. The zero-order valence-corrected chi connectivity index (χ0v) is 24.7. The maximum absolute atomic E-state index is 14.6. The summed E-state index contributed by atoms with van der Waals surface area (Å²) in [6, 6.07) is 5.48. The van der Waals surface area contributed by atoms with Crippen LogP contribution in [0.4, 0.5) is 17.6 Å². The van der Waals surface area contributed by atoms with Crippen LogP contribution < -0.4 is 5.32 Å². The molecule has 41 heavy (non-hydrogen) atoms. The number of hydrogen-bond donors (Lipinski definition) is 3. The van der Waals surface area contributed by atoms with Gasteiger partial charge in [0.05, 0.1) is 25.2 Å². The van der Waals surface area contributed by atoms with E-state index in [0.717, 1.165) is 17.5 Å². The molecule has 0 saturated carbocycles. The van der Waals surface area contributed by atoms with Crippen molar-refractivity contribution in [3.05, 3.63) is 34.7 Å². The van der Waals surface area contributed by atoms with Crippen LogP contribution in [-0.2, 0) is 14.1 Å². The number of carbonyl (C=O) groups is 3. The van der Waals surface area contributed by atoms with Crippen LogP contribution in [0.3, 0.4) is 0 Å². The molecule has 230 valence electrons. The number of nitrogens with one attached hydrogen (secondary N) is 1. The molecule has 0 spiro atoms. The average Bonchev–Trinajstić information content (AvgIpc) is 3.53. The average molecular weight is 626 g/mol. The van der Waals surface area contributed by atoms with Crippen molar-refractivity contribution < 1.29 is 46.5 Å². The minimum absolute atomic E-state index is 0.0148. The third-order valence-electron chi connectivity index (χ3n) is 6.75. The zero-order chi connectivity index (χ0) is 30.7. The molecule has 3 heterocycles. The molecule has 2 aliphatic rings. The molecule has 0 aliphatic carbocycles. The van der Waals surface area contributed by atoms with E-state index in [0.29, 0.717) is 30.4 Å². The summed E-state index contributed by atoms with van der Waals surface area (Å²) in [7, 11) is -1.76. The molecule has 2 amide bonds. The number of thiophene rings is 1. The quantitative estimate of drug-likeness (QED) is 0.216. The smallest absolute Gasteiger partial charge is 0.290 e. The molecule has 1 aromatic heterocycles. The molecular formula is C26H36F4N3O6PS. The molecular weight excluding hydrogens is 589 g/mol. The Morgan fingerprint density at radius 2 is 1.93 bits per heavy atom. The number of amides is 2. The Kier molecular flexibility index (Phi) is 14.4. The summed E-state index contributed by atoms with van der Waals surface area (Å²) in [5, 5.41) is 10.3. The Bertz CT molecular complexity index is 1150. The fourth-order valence-electron chi connectivity index (χ4n) is 5.04. The maximum atomic E-state index is 14.6. The van der Waals surface area contributed by atoms with Gasteiger partial charge >= 0.3 is 0 Å². The van der Waals surface area contributed by atoms with Gasteiger partial charge in [0.25, 0.3) is 18.8 Å².